The fraction of sp³-hybridized carbons (Fsp3) is 0.421. The van der Waals surface area contributed by atoms with Crippen LogP contribution in [0, 0.1) is 10.1 Å². The summed E-state index contributed by atoms with van der Waals surface area (Å²) in [6.07, 6.45) is 2.85. The highest BCUT2D eigenvalue weighted by Crippen LogP contribution is 2.32. The topological polar surface area (TPSA) is 135 Å². The van der Waals surface area contributed by atoms with E-state index in [4.69, 9.17) is 15.2 Å². The second-order valence-corrected chi connectivity index (χ2v) is 13.5. The van der Waals surface area contributed by atoms with Gasteiger partial charge in [-0.1, -0.05) is 25.7 Å². The number of ether oxygens (including phenoxy) is 2. The minimum absolute atomic E-state index is 0.0825. The van der Waals surface area contributed by atoms with Gasteiger partial charge in [-0.2, -0.15) is 5.10 Å². The Morgan fingerprint density at radius 2 is 2.20 bits per heavy atom. The molecule has 1 amide bonds. The maximum absolute atomic E-state index is 11.5. The summed E-state index contributed by atoms with van der Waals surface area (Å²) in [5.41, 5.74) is 6.17. The average Bonchev–Trinajstić information content (AvgIpc) is 3.08. The lowest BCUT2D eigenvalue weighted by Crippen LogP contribution is -2.22. The lowest BCUT2D eigenvalue weighted by Gasteiger charge is -2.16. The molecular weight excluding hydrogens is 406 g/mol. The van der Waals surface area contributed by atoms with E-state index in [2.05, 4.69) is 36.3 Å². The van der Waals surface area contributed by atoms with Crippen molar-refractivity contribution >= 4 is 19.9 Å². The van der Waals surface area contributed by atoms with Gasteiger partial charge in [0.25, 0.3) is 0 Å². The molecule has 0 bridgehead atoms. The van der Waals surface area contributed by atoms with E-state index >= 15 is 0 Å². The average molecular weight is 434 g/mol. The van der Waals surface area contributed by atoms with Gasteiger partial charge in [-0.15, -0.1) is 6.58 Å². The van der Waals surface area contributed by atoms with Gasteiger partial charge in [0.2, 0.25) is 0 Å². The van der Waals surface area contributed by atoms with Crippen LogP contribution in [-0.2, 0) is 16.2 Å². The molecule has 0 saturated carbocycles. The van der Waals surface area contributed by atoms with Crippen LogP contribution < -0.4 is 5.73 Å². The third-order valence-electron chi connectivity index (χ3n) is 4.25. The molecule has 2 heterocycles. The molecule has 0 aromatic carbocycles. The van der Waals surface area contributed by atoms with Crippen LogP contribution in [0.1, 0.15) is 18.2 Å². The van der Waals surface area contributed by atoms with Gasteiger partial charge in [0.1, 0.15) is 24.7 Å². The van der Waals surface area contributed by atoms with Crippen LogP contribution >= 0.6 is 0 Å². The summed E-state index contributed by atoms with van der Waals surface area (Å²) < 4.78 is 12.3. The summed E-state index contributed by atoms with van der Waals surface area (Å²) in [5.74, 6) is 0. The number of hydrogen-bond donors (Lipinski definition) is 1. The standard InChI is InChI=1S/C19H27N5O5Si/c1-5-6-17(29-19(20)25)15-11-14(7-8-21-15)18-16(24(26)27)12-22-23(18)13-28-9-10-30(2,3)4/h5,7-8,11-12,17H,1,6,9-10,13H2,2-4H3,(H2,20,25). The Morgan fingerprint density at radius 1 is 1.47 bits per heavy atom. The lowest BCUT2D eigenvalue weighted by molar-refractivity contribution is -0.384. The zero-order valence-corrected chi connectivity index (χ0v) is 18.4. The molecule has 30 heavy (non-hydrogen) atoms. The van der Waals surface area contributed by atoms with E-state index in [-0.39, 0.29) is 18.1 Å². The second kappa shape index (κ2) is 10.1. The number of nitro groups is 1. The summed E-state index contributed by atoms with van der Waals surface area (Å²) in [5, 5.41) is 15.7. The SMILES string of the molecule is C=CCC(OC(N)=O)c1cc(-c2c([N+](=O)[O-])cnn2COCC[Si](C)(C)C)ccn1. The molecule has 1 unspecified atom stereocenters. The Hall–Kier alpha value is -3.05. The minimum Gasteiger partial charge on any atom is -0.440 e. The molecule has 0 saturated heterocycles. The molecule has 2 aromatic heterocycles. The Bertz CT molecular complexity index is 909. The maximum Gasteiger partial charge on any atom is 0.405 e. The van der Waals surface area contributed by atoms with Crippen molar-refractivity contribution in [2.75, 3.05) is 6.61 Å². The molecular formula is C19H27N5O5Si. The van der Waals surface area contributed by atoms with Crippen LogP contribution in [0.15, 0.2) is 37.2 Å². The van der Waals surface area contributed by atoms with Crippen LogP contribution in [0.2, 0.25) is 25.7 Å². The Labute approximate surface area is 175 Å². The maximum atomic E-state index is 11.5. The predicted molar refractivity (Wildman–Crippen MR) is 114 cm³/mol. The van der Waals surface area contributed by atoms with E-state index in [0.717, 1.165) is 6.04 Å². The number of carbonyl (C=O) groups excluding carboxylic acids is 1. The molecule has 0 aliphatic heterocycles. The largest absolute Gasteiger partial charge is 0.440 e. The van der Waals surface area contributed by atoms with Crippen LogP contribution in [0.25, 0.3) is 11.3 Å². The zero-order chi connectivity index (χ0) is 22.3. The van der Waals surface area contributed by atoms with E-state index in [1.807, 2.05) is 0 Å². The molecule has 10 nitrogen and oxygen atoms in total. The van der Waals surface area contributed by atoms with E-state index < -0.39 is 25.2 Å². The highest BCUT2D eigenvalue weighted by Gasteiger charge is 2.24. The number of nitrogens with two attached hydrogens (primary N) is 1. The number of aromatic nitrogens is 3. The van der Waals surface area contributed by atoms with E-state index in [9.17, 15) is 14.9 Å². The van der Waals surface area contributed by atoms with Gasteiger partial charge >= 0.3 is 11.8 Å². The van der Waals surface area contributed by atoms with Crippen molar-refractivity contribution in [2.45, 2.75) is 44.9 Å². The molecule has 2 N–H and O–H groups in total. The molecule has 1 atom stereocenters. The molecule has 0 fully saturated rings. The fourth-order valence-electron chi connectivity index (χ4n) is 2.73. The van der Waals surface area contributed by atoms with Gasteiger partial charge in [-0.25, -0.2) is 9.48 Å². The summed E-state index contributed by atoms with van der Waals surface area (Å²) in [6, 6.07) is 4.21. The first kappa shape index (κ1) is 23.2. The highest BCUT2D eigenvalue weighted by molar-refractivity contribution is 6.76. The fourth-order valence-corrected chi connectivity index (χ4v) is 3.48. The van der Waals surface area contributed by atoms with Gasteiger partial charge in [0, 0.05) is 32.9 Å². The number of primary amides is 1. The van der Waals surface area contributed by atoms with Crippen molar-refractivity contribution in [3.05, 3.63) is 53.0 Å². The molecule has 162 valence electrons. The van der Waals surface area contributed by atoms with Gasteiger partial charge in [0.05, 0.1) is 10.6 Å². The van der Waals surface area contributed by atoms with Crippen LogP contribution in [0.5, 0.6) is 0 Å². The number of carbonyl (C=O) groups is 1. The highest BCUT2D eigenvalue weighted by atomic mass is 28.3. The normalized spacial score (nSPS) is 12.4. The van der Waals surface area contributed by atoms with Crippen molar-refractivity contribution in [3.8, 4) is 11.3 Å². The van der Waals surface area contributed by atoms with Crippen LogP contribution in [0.3, 0.4) is 0 Å². The monoisotopic (exact) mass is 433 g/mol. The summed E-state index contributed by atoms with van der Waals surface area (Å²) in [7, 11) is -1.26. The molecule has 11 heteroatoms. The van der Waals surface area contributed by atoms with Gasteiger partial charge in [0.15, 0.2) is 0 Å². The van der Waals surface area contributed by atoms with Gasteiger partial charge in [-0.05, 0) is 18.2 Å². The third kappa shape index (κ3) is 6.49. The van der Waals surface area contributed by atoms with Gasteiger partial charge < -0.3 is 15.2 Å². The molecule has 0 radical (unpaired) electrons. The van der Waals surface area contributed by atoms with Crippen LogP contribution in [-0.4, -0.2) is 40.5 Å². The number of hydrogen-bond acceptors (Lipinski definition) is 7. The van der Waals surface area contributed by atoms with Crippen molar-refractivity contribution in [2.24, 2.45) is 5.73 Å². The van der Waals surface area contributed by atoms with E-state index in [0.29, 0.717) is 24.3 Å². The van der Waals surface area contributed by atoms with E-state index in [1.54, 1.807) is 18.2 Å². The molecule has 2 aromatic rings. The number of amides is 1. The Morgan fingerprint density at radius 3 is 2.80 bits per heavy atom. The van der Waals surface area contributed by atoms with Crippen molar-refractivity contribution in [1.29, 1.82) is 0 Å². The van der Waals surface area contributed by atoms with Gasteiger partial charge in [-0.3, -0.25) is 15.1 Å². The van der Waals surface area contributed by atoms with E-state index in [1.165, 1.54) is 17.1 Å². The Balaban J connectivity index is 2.35. The number of rotatable bonds is 11. The lowest BCUT2D eigenvalue weighted by atomic mass is 10.1. The Kier molecular flexibility index (Phi) is 7.84. The molecule has 2 rings (SSSR count). The van der Waals surface area contributed by atoms with Crippen molar-refractivity contribution < 1.29 is 19.2 Å². The van der Waals surface area contributed by atoms with Crippen LogP contribution in [0.4, 0.5) is 10.5 Å². The number of pyridine rings is 1. The summed E-state index contributed by atoms with van der Waals surface area (Å²) >= 11 is 0. The molecule has 0 spiro atoms. The minimum atomic E-state index is -1.26. The smallest absolute Gasteiger partial charge is 0.405 e. The van der Waals surface area contributed by atoms with Crippen molar-refractivity contribution in [1.82, 2.24) is 14.8 Å². The number of nitrogens with zero attached hydrogens (tertiary/aromatic N) is 4. The molecule has 0 aliphatic rings. The van der Waals surface area contributed by atoms with Crippen molar-refractivity contribution in [3.63, 3.8) is 0 Å². The summed E-state index contributed by atoms with van der Waals surface area (Å²) in [6.45, 7) is 11.0. The third-order valence-corrected chi connectivity index (χ3v) is 5.95. The first-order chi connectivity index (χ1) is 14.1. The predicted octanol–water partition coefficient (Wildman–Crippen LogP) is 3.88. The quantitative estimate of drug-likeness (QED) is 0.187. The zero-order valence-electron chi connectivity index (χ0n) is 17.4. The second-order valence-electron chi connectivity index (χ2n) is 7.90. The first-order valence-electron chi connectivity index (χ1n) is 9.43. The first-order valence-corrected chi connectivity index (χ1v) is 13.1. The molecule has 0 aliphatic carbocycles. The summed E-state index contributed by atoms with van der Waals surface area (Å²) in [4.78, 5) is 26.5.